The van der Waals surface area contributed by atoms with Crippen LogP contribution < -0.4 is 5.32 Å². The summed E-state index contributed by atoms with van der Waals surface area (Å²) in [4.78, 5) is 2.62. The number of nitrogens with one attached hydrogen (secondary N) is 1. The van der Waals surface area contributed by atoms with Gasteiger partial charge >= 0.3 is 0 Å². The first-order valence-electron chi connectivity index (χ1n) is 8.33. The Balaban J connectivity index is 1.57. The first kappa shape index (κ1) is 15.3. The standard InChI is InChI=1S/C16H32N2O/c1-3-9-18-10-5-16(6-11-18)14(2)17-8-4-15-7-12-19-13-15/h14-17H,3-13H2,1-2H3. The lowest BCUT2D eigenvalue weighted by atomic mass is 9.90. The molecule has 2 unspecified atom stereocenters. The molecule has 2 aliphatic heterocycles. The van der Waals surface area contributed by atoms with E-state index in [-0.39, 0.29) is 0 Å². The Bertz CT molecular complexity index is 233. The average molecular weight is 268 g/mol. The summed E-state index contributed by atoms with van der Waals surface area (Å²) in [5, 5.41) is 3.75. The van der Waals surface area contributed by atoms with Crippen LogP contribution in [0.4, 0.5) is 0 Å². The maximum atomic E-state index is 5.43. The minimum atomic E-state index is 0.686. The van der Waals surface area contributed by atoms with Gasteiger partial charge in [-0.25, -0.2) is 0 Å². The van der Waals surface area contributed by atoms with Gasteiger partial charge in [-0.15, -0.1) is 0 Å². The van der Waals surface area contributed by atoms with Gasteiger partial charge < -0.3 is 15.0 Å². The van der Waals surface area contributed by atoms with Gasteiger partial charge in [0.15, 0.2) is 0 Å². The highest BCUT2D eigenvalue weighted by Gasteiger charge is 2.23. The van der Waals surface area contributed by atoms with Gasteiger partial charge in [0.05, 0.1) is 0 Å². The minimum absolute atomic E-state index is 0.686. The van der Waals surface area contributed by atoms with Gasteiger partial charge in [0.2, 0.25) is 0 Å². The van der Waals surface area contributed by atoms with E-state index in [4.69, 9.17) is 4.74 Å². The molecule has 0 aromatic heterocycles. The quantitative estimate of drug-likeness (QED) is 0.768. The van der Waals surface area contributed by atoms with Crippen molar-refractivity contribution in [1.82, 2.24) is 10.2 Å². The summed E-state index contributed by atoms with van der Waals surface area (Å²) in [5.41, 5.74) is 0. The van der Waals surface area contributed by atoms with Crippen molar-refractivity contribution in [2.24, 2.45) is 11.8 Å². The second-order valence-electron chi connectivity index (χ2n) is 6.44. The molecular weight excluding hydrogens is 236 g/mol. The summed E-state index contributed by atoms with van der Waals surface area (Å²) >= 11 is 0. The Labute approximate surface area is 119 Å². The third kappa shape index (κ3) is 5.05. The van der Waals surface area contributed by atoms with Crippen LogP contribution in [0.1, 0.15) is 46.0 Å². The number of rotatable bonds is 7. The molecule has 0 bridgehead atoms. The van der Waals surface area contributed by atoms with Gasteiger partial charge in [-0.2, -0.15) is 0 Å². The lowest BCUT2D eigenvalue weighted by Gasteiger charge is -2.35. The number of hydrogen-bond donors (Lipinski definition) is 1. The molecule has 0 saturated carbocycles. The SMILES string of the molecule is CCCN1CCC(C(C)NCCC2CCOC2)CC1. The monoisotopic (exact) mass is 268 g/mol. The van der Waals surface area contributed by atoms with Crippen LogP contribution in [0.25, 0.3) is 0 Å². The predicted octanol–water partition coefficient (Wildman–Crippen LogP) is 2.51. The van der Waals surface area contributed by atoms with Gasteiger partial charge in [-0.1, -0.05) is 6.92 Å². The molecule has 0 aromatic carbocycles. The summed E-state index contributed by atoms with van der Waals surface area (Å²) in [7, 11) is 0. The molecule has 19 heavy (non-hydrogen) atoms. The van der Waals surface area contributed by atoms with E-state index in [0.29, 0.717) is 6.04 Å². The molecule has 2 atom stereocenters. The highest BCUT2D eigenvalue weighted by molar-refractivity contribution is 4.79. The molecule has 0 radical (unpaired) electrons. The topological polar surface area (TPSA) is 24.5 Å². The Morgan fingerprint density at radius 2 is 2.05 bits per heavy atom. The van der Waals surface area contributed by atoms with Crippen LogP contribution in [0, 0.1) is 11.8 Å². The van der Waals surface area contributed by atoms with Crippen molar-refractivity contribution in [3.05, 3.63) is 0 Å². The minimum Gasteiger partial charge on any atom is -0.381 e. The number of nitrogens with zero attached hydrogens (tertiary/aromatic N) is 1. The van der Waals surface area contributed by atoms with Crippen molar-refractivity contribution in [3.8, 4) is 0 Å². The molecule has 0 aliphatic carbocycles. The summed E-state index contributed by atoms with van der Waals surface area (Å²) in [5.74, 6) is 1.69. The third-order valence-corrected chi connectivity index (χ3v) is 4.92. The van der Waals surface area contributed by atoms with Crippen molar-refractivity contribution >= 4 is 0 Å². The van der Waals surface area contributed by atoms with Crippen molar-refractivity contribution in [1.29, 1.82) is 0 Å². The molecule has 2 saturated heterocycles. The molecule has 2 aliphatic rings. The van der Waals surface area contributed by atoms with E-state index in [1.807, 2.05) is 0 Å². The fourth-order valence-electron chi connectivity index (χ4n) is 3.49. The lowest BCUT2D eigenvalue weighted by Crippen LogP contribution is -2.42. The Hall–Kier alpha value is -0.120. The second-order valence-corrected chi connectivity index (χ2v) is 6.44. The molecule has 0 aromatic rings. The zero-order valence-corrected chi connectivity index (χ0v) is 12.9. The summed E-state index contributed by atoms with van der Waals surface area (Å²) < 4.78 is 5.43. The van der Waals surface area contributed by atoms with E-state index in [2.05, 4.69) is 24.1 Å². The lowest BCUT2D eigenvalue weighted by molar-refractivity contribution is 0.161. The normalized spacial score (nSPS) is 27.8. The molecule has 3 heteroatoms. The molecule has 112 valence electrons. The number of likely N-dealkylation sites (tertiary alicyclic amines) is 1. The zero-order chi connectivity index (χ0) is 13.5. The predicted molar refractivity (Wildman–Crippen MR) is 80.5 cm³/mol. The van der Waals surface area contributed by atoms with Crippen LogP contribution in [0.3, 0.4) is 0 Å². The van der Waals surface area contributed by atoms with Crippen LogP contribution in [0.2, 0.25) is 0 Å². The van der Waals surface area contributed by atoms with Crippen LogP contribution in [0.5, 0.6) is 0 Å². The fraction of sp³-hybridized carbons (Fsp3) is 1.00. The van der Waals surface area contributed by atoms with Crippen molar-refractivity contribution in [2.45, 2.75) is 52.0 Å². The Morgan fingerprint density at radius 1 is 1.26 bits per heavy atom. The van der Waals surface area contributed by atoms with E-state index in [1.54, 1.807) is 0 Å². The van der Waals surface area contributed by atoms with Gasteiger partial charge in [0.25, 0.3) is 0 Å². The van der Waals surface area contributed by atoms with Crippen molar-refractivity contribution < 1.29 is 4.74 Å². The molecule has 2 heterocycles. The Morgan fingerprint density at radius 3 is 2.68 bits per heavy atom. The van der Waals surface area contributed by atoms with E-state index >= 15 is 0 Å². The maximum absolute atomic E-state index is 5.43. The van der Waals surface area contributed by atoms with Gasteiger partial charge in [-0.05, 0) is 77.0 Å². The first-order valence-corrected chi connectivity index (χ1v) is 8.33. The molecular formula is C16H32N2O. The number of ether oxygens (including phenoxy) is 1. The number of hydrogen-bond acceptors (Lipinski definition) is 3. The van der Waals surface area contributed by atoms with Gasteiger partial charge in [0, 0.05) is 19.3 Å². The van der Waals surface area contributed by atoms with E-state index < -0.39 is 0 Å². The zero-order valence-electron chi connectivity index (χ0n) is 12.9. The van der Waals surface area contributed by atoms with Gasteiger partial charge in [-0.3, -0.25) is 0 Å². The average Bonchev–Trinajstić information content (AvgIpc) is 2.93. The first-order chi connectivity index (χ1) is 9.29. The van der Waals surface area contributed by atoms with Crippen molar-refractivity contribution in [3.63, 3.8) is 0 Å². The van der Waals surface area contributed by atoms with Crippen LogP contribution in [-0.4, -0.2) is 50.3 Å². The molecule has 1 N–H and O–H groups in total. The molecule has 2 rings (SSSR count). The van der Waals surface area contributed by atoms with Gasteiger partial charge in [0.1, 0.15) is 0 Å². The van der Waals surface area contributed by atoms with E-state index in [0.717, 1.165) is 25.0 Å². The van der Waals surface area contributed by atoms with Crippen LogP contribution in [-0.2, 0) is 4.74 Å². The molecule has 3 nitrogen and oxygen atoms in total. The smallest absolute Gasteiger partial charge is 0.0495 e. The van der Waals surface area contributed by atoms with Crippen LogP contribution >= 0.6 is 0 Å². The number of piperidine rings is 1. The second kappa shape index (κ2) is 8.23. The Kier molecular flexibility index (Phi) is 6.62. The highest BCUT2D eigenvalue weighted by Crippen LogP contribution is 2.21. The fourth-order valence-corrected chi connectivity index (χ4v) is 3.49. The third-order valence-electron chi connectivity index (χ3n) is 4.92. The van der Waals surface area contributed by atoms with E-state index in [9.17, 15) is 0 Å². The summed E-state index contributed by atoms with van der Waals surface area (Å²) in [6, 6.07) is 0.686. The molecule has 2 fully saturated rings. The van der Waals surface area contributed by atoms with Crippen molar-refractivity contribution in [2.75, 3.05) is 39.4 Å². The maximum Gasteiger partial charge on any atom is 0.0495 e. The van der Waals surface area contributed by atoms with Crippen LogP contribution in [0.15, 0.2) is 0 Å². The highest BCUT2D eigenvalue weighted by atomic mass is 16.5. The summed E-state index contributed by atoms with van der Waals surface area (Å²) in [6.07, 6.45) is 6.60. The largest absolute Gasteiger partial charge is 0.381 e. The molecule has 0 spiro atoms. The summed E-state index contributed by atoms with van der Waals surface area (Å²) in [6.45, 7) is 11.7. The van der Waals surface area contributed by atoms with E-state index in [1.165, 1.54) is 58.3 Å². The molecule has 0 amide bonds.